The molecule has 0 fully saturated rings. The number of hydrogen-bond acceptors (Lipinski definition) is 1. The molecular formula is C13H18Cl2O. The first kappa shape index (κ1) is 13.8. The van der Waals surface area contributed by atoms with Crippen molar-refractivity contribution in [2.75, 3.05) is 13.2 Å². The molecule has 0 bridgehead atoms. The summed E-state index contributed by atoms with van der Waals surface area (Å²) >= 11 is 12.5. The number of hydrogen-bond donors (Lipinski definition) is 0. The van der Waals surface area contributed by atoms with Gasteiger partial charge in [-0.1, -0.05) is 44.2 Å². The summed E-state index contributed by atoms with van der Waals surface area (Å²) in [7, 11) is 0. The summed E-state index contributed by atoms with van der Waals surface area (Å²) in [6, 6.07) is 9.85. The molecule has 90 valence electrons. The molecule has 1 nitrogen and oxygen atoms in total. The van der Waals surface area contributed by atoms with Crippen LogP contribution in [0.3, 0.4) is 0 Å². The van der Waals surface area contributed by atoms with Gasteiger partial charge in [-0.05, 0) is 11.5 Å². The summed E-state index contributed by atoms with van der Waals surface area (Å²) in [5.74, 6) is 0.523. The Labute approximate surface area is 108 Å². The van der Waals surface area contributed by atoms with Gasteiger partial charge in [-0.15, -0.1) is 23.2 Å². The third-order valence-electron chi connectivity index (χ3n) is 2.16. The lowest BCUT2D eigenvalue weighted by Crippen LogP contribution is -2.17. The van der Waals surface area contributed by atoms with E-state index in [9.17, 15) is 0 Å². The van der Waals surface area contributed by atoms with E-state index in [0.717, 1.165) is 12.2 Å². The number of benzene rings is 1. The van der Waals surface area contributed by atoms with Gasteiger partial charge in [0.05, 0.1) is 17.4 Å². The summed E-state index contributed by atoms with van der Waals surface area (Å²) in [5.41, 5.74) is 1.04. The van der Waals surface area contributed by atoms with Crippen molar-refractivity contribution < 1.29 is 4.74 Å². The van der Waals surface area contributed by atoms with E-state index in [-0.39, 0.29) is 10.8 Å². The lowest BCUT2D eigenvalue weighted by molar-refractivity contribution is 0.109. The highest BCUT2D eigenvalue weighted by atomic mass is 35.5. The zero-order valence-corrected chi connectivity index (χ0v) is 11.2. The predicted molar refractivity (Wildman–Crippen MR) is 70.3 cm³/mol. The van der Waals surface area contributed by atoms with Crippen LogP contribution in [0, 0.1) is 5.92 Å². The molecule has 1 aromatic rings. The normalized spacial score (nSPS) is 15.1. The summed E-state index contributed by atoms with van der Waals surface area (Å²) in [6.45, 7) is 5.43. The van der Waals surface area contributed by atoms with E-state index >= 15 is 0 Å². The molecule has 0 spiro atoms. The van der Waals surface area contributed by atoms with Gasteiger partial charge < -0.3 is 4.74 Å². The summed E-state index contributed by atoms with van der Waals surface area (Å²) < 4.78 is 5.48. The lowest BCUT2D eigenvalue weighted by atomic mass is 10.1. The first-order chi connectivity index (χ1) is 7.61. The van der Waals surface area contributed by atoms with Crippen molar-refractivity contribution in [2.24, 2.45) is 5.92 Å². The lowest BCUT2D eigenvalue weighted by Gasteiger charge is -2.17. The van der Waals surface area contributed by atoms with Crippen LogP contribution >= 0.6 is 23.2 Å². The van der Waals surface area contributed by atoms with Crippen molar-refractivity contribution in [3.8, 4) is 0 Å². The van der Waals surface area contributed by atoms with Crippen molar-refractivity contribution in [3.05, 3.63) is 35.9 Å². The van der Waals surface area contributed by atoms with E-state index in [2.05, 4.69) is 13.8 Å². The molecule has 0 aliphatic heterocycles. The molecule has 3 heteroatoms. The molecule has 0 heterocycles. The van der Waals surface area contributed by atoms with Gasteiger partial charge >= 0.3 is 0 Å². The second-order valence-corrected chi connectivity index (χ2v) is 5.29. The number of halogens is 2. The Hall–Kier alpha value is -0.240. The molecule has 0 aliphatic carbocycles. The Balaban J connectivity index is 2.39. The smallest absolute Gasteiger partial charge is 0.0774 e. The molecule has 0 saturated carbocycles. The quantitative estimate of drug-likeness (QED) is 0.696. The minimum atomic E-state index is -0.199. The number of ether oxygens (including phenoxy) is 1. The molecule has 0 aliphatic rings. The third kappa shape index (κ3) is 4.73. The van der Waals surface area contributed by atoms with Crippen LogP contribution in [0.15, 0.2) is 30.3 Å². The Morgan fingerprint density at radius 1 is 1.06 bits per heavy atom. The minimum absolute atomic E-state index is 0.192. The SMILES string of the molecule is CC(C)COCC(Cl)C(Cl)c1ccccc1. The Morgan fingerprint density at radius 2 is 1.69 bits per heavy atom. The molecule has 0 aromatic heterocycles. The average molecular weight is 261 g/mol. The molecular weight excluding hydrogens is 243 g/mol. The largest absolute Gasteiger partial charge is 0.380 e. The monoisotopic (exact) mass is 260 g/mol. The van der Waals surface area contributed by atoms with Crippen LogP contribution in [0.4, 0.5) is 0 Å². The zero-order valence-electron chi connectivity index (χ0n) is 9.70. The molecule has 1 rings (SSSR count). The van der Waals surface area contributed by atoms with Crippen LogP contribution in [-0.2, 0) is 4.74 Å². The maximum absolute atomic E-state index is 6.26. The first-order valence-corrected chi connectivity index (χ1v) is 6.39. The van der Waals surface area contributed by atoms with Crippen molar-refractivity contribution in [2.45, 2.75) is 24.6 Å². The fourth-order valence-electron chi connectivity index (χ4n) is 1.35. The maximum atomic E-state index is 6.26. The van der Waals surface area contributed by atoms with Gasteiger partial charge in [0, 0.05) is 6.61 Å². The van der Waals surface area contributed by atoms with Crippen LogP contribution < -0.4 is 0 Å². The molecule has 0 amide bonds. The van der Waals surface area contributed by atoms with Gasteiger partial charge in [0.25, 0.3) is 0 Å². The standard InChI is InChI=1S/C13H18Cl2O/c1-10(2)8-16-9-12(14)13(15)11-6-4-3-5-7-11/h3-7,10,12-13H,8-9H2,1-2H3. The number of rotatable bonds is 6. The van der Waals surface area contributed by atoms with Crippen LogP contribution in [0.2, 0.25) is 0 Å². The van der Waals surface area contributed by atoms with E-state index in [1.54, 1.807) is 0 Å². The zero-order chi connectivity index (χ0) is 12.0. The highest BCUT2D eigenvalue weighted by Crippen LogP contribution is 2.27. The number of alkyl halides is 2. The van der Waals surface area contributed by atoms with Crippen LogP contribution in [0.5, 0.6) is 0 Å². The van der Waals surface area contributed by atoms with Gasteiger partial charge in [-0.3, -0.25) is 0 Å². The molecule has 0 radical (unpaired) electrons. The van der Waals surface area contributed by atoms with Gasteiger partial charge in [-0.2, -0.15) is 0 Å². The van der Waals surface area contributed by atoms with E-state index in [0.29, 0.717) is 12.5 Å². The molecule has 16 heavy (non-hydrogen) atoms. The second-order valence-electron chi connectivity index (χ2n) is 4.26. The van der Waals surface area contributed by atoms with Crippen molar-refractivity contribution in [1.29, 1.82) is 0 Å². The summed E-state index contributed by atoms with van der Waals surface area (Å²) in [6.07, 6.45) is 0. The van der Waals surface area contributed by atoms with Crippen molar-refractivity contribution >= 4 is 23.2 Å². The molecule has 0 saturated heterocycles. The summed E-state index contributed by atoms with van der Waals surface area (Å²) in [4.78, 5) is 0. The van der Waals surface area contributed by atoms with E-state index in [1.165, 1.54) is 0 Å². The van der Waals surface area contributed by atoms with Gasteiger partial charge in [-0.25, -0.2) is 0 Å². The van der Waals surface area contributed by atoms with E-state index < -0.39 is 0 Å². The van der Waals surface area contributed by atoms with Gasteiger partial charge in [0.2, 0.25) is 0 Å². The topological polar surface area (TPSA) is 9.23 Å². The first-order valence-electron chi connectivity index (χ1n) is 5.52. The maximum Gasteiger partial charge on any atom is 0.0774 e. The molecule has 0 N–H and O–H groups in total. The van der Waals surface area contributed by atoms with Crippen LogP contribution in [0.1, 0.15) is 24.8 Å². The predicted octanol–water partition coefficient (Wildman–Crippen LogP) is 4.25. The Kier molecular flexibility index (Phi) is 6.18. The van der Waals surface area contributed by atoms with E-state index in [1.807, 2.05) is 30.3 Å². The third-order valence-corrected chi connectivity index (χ3v) is 3.23. The van der Waals surface area contributed by atoms with Crippen LogP contribution in [-0.4, -0.2) is 18.6 Å². The minimum Gasteiger partial charge on any atom is -0.380 e. The van der Waals surface area contributed by atoms with Crippen LogP contribution in [0.25, 0.3) is 0 Å². The van der Waals surface area contributed by atoms with Crippen molar-refractivity contribution in [3.63, 3.8) is 0 Å². The van der Waals surface area contributed by atoms with E-state index in [4.69, 9.17) is 27.9 Å². The fourth-order valence-corrected chi connectivity index (χ4v) is 1.80. The fraction of sp³-hybridized carbons (Fsp3) is 0.538. The second kappa shape index (κ2) is 7.16. The average Bonchev–Trinajstić information content (AvgIpc) is 2.28. The Bertz CT molecular complexity index is 287. The molecule has 2 atom stereocenters. The van der Waals surface area contributed by atoms with Gasteiger partial charge in [0.15, 0.2) is 0 Å². The summed E-state index contributed by atoms with van der Waals surface area (Å²) in [5, 5.41) is -0.391. The molecule has 1 aromatic carbocycles. The molecule has 2 unspecified atom stereocenters. The van der Waals surface area contributed by atoms with Crippen molar-refractivity contribution in [1.82, 2.24) is 0 Å². The highest BCUT2D eigenvalue weighted by Gasteiger charge is 2.18. The highest BCUT2D eigenvalue weighted by molar-refractivity contribution is 6.30. The Morgan fingerprint density at radius 3 is 2.25 bits per heavy atom. The van der Waals surface area contributed by atoms with Gasteiger partial charge in [0.1, 0.15) is 0 Å².